The zero-order valence-electron chi connectivity index (χ0n) is 8.05. The number of anilines is 1. The highest BCUT2D eigenvalue weighted by atomic mass is 19.1. The number of hydrogen-bond donors (Lipinski definition) is 1. The van der Waals surface area contributed by atoms with E-state index in [2.05, 4.69) is 10.3 Å². The predicted molar refractivity (Wildman–Crippen MR) is 52.8 cm³/mol. The van der Waals surface area contributed by atoms with Gasteiger partial charge in [-0.25, -0.2) is 4.98 Å². The molecule has 0 saturated carbocycles. The molecule has 0 aliphatic carbocycles. The van der Waals surface area contributed by atoms with E-state index in [4.69, 9.17) is 5.26 Å². The first-order valence-corrected chi connectivity index (χ1v) is 4.45. The van der Waals surface area contributed by atoms with Gasteiger partial charge in [0.2, 0.25) is 0 Å². The first-order valence-electron chi connectivity index (χ1n) is 4.45. The highest BCUT2D eigenvalue weighted by Gasteiger charge is 1.99. The molecule has 0 atom stereocenters. The molecule has 0 radical (unpaired) electrons. The van der Waals surface area contributed by atoms with E-state index in [0.717, 1.165) is 0 Å². The summed E-state index contributed by atoms with van der Waals surface area (Å²) in [7, 11) is 0. The van der Waals surface area contributed by atoms with Gasteiger partial charge in [0.1, 0.15) is 11.9 Å². The van der Waals surface area contributed by atoms with Gasteiger partial charge in [0.25, 0.3) is 0 Å². The maximum Gasteiger partial charge on any atom is 0.126 e. The van der Waals surface area contributed by atoms with Gasteiger partial charge < -0.3 is 5.32 Å². The van der Waals surface area contributed by atoms with Crippen LogP contribution in [0.3, 0.4) is 0 Å². The number of hydrogen-bond acceptors (Lipinski definition) is 3. The molecule has 4 heteroatoms. The molecule has 1 rings (SSSR count). The lowest BCUT2D eigenvalue weighted by atomic mass is 10.2. The lowest BCUT2D eigenvalue weighted by molar-refractivity contribution is 0.481. The summed E-state index contributed by atoms with van der Waals surface area (Å²) in [6.07, 6.45) is 0.473. The second kappa shape index (κ2) is 5.18. The smallest absolute Gasteiger partial charge is 0.126 e. The topological polar surface area (TPSA) is 48.7 Å². The highest BCUT2D eigenvalue weighted by Crippen LogP contribution is 2.09. The molecular weight excluding hydrogens is 181 g/mol. The van der Waals surface area contributed by atoms with Crippen molar-refractivity contribution in [3.63, 3.8) is 0 Å². The molecular formula is C10H12FN3. The Bertz CT molecular complexity index is 344. The Labute approximate surface area is 82.6 Å². The van der Waals surface area contributed by atoms with Gasteiger partial charge >= 0.3 is 0 Å². The van der Waals surface area contributed by atoms with Crippen LogP contribution in [0, 0.1) is 18.3 Å². The number of halogens is 1. The number of pyridine rings is 1. The van der Waals surface area contributed by atoms with Crippen molar-refractivity contribution in [2.45, 2.75) is 13.3 Å². The minimum absolute atomic E-state index is 0.331. The third-order valence-corrected chi connectivity index (χ3v) is 1.82. The van der Waals surface area contributed by atoms with E-state index < -0.39 is 0 Å². The van der Waals surface area contributed by atoms with Crippen molar-refractivity contribution in [3.05, 3.63) is 23.4 Å². The van der Waals surface area contributed by atoms with E-state index in [1.807, 2.05) is 6.07 Å². The SMILES string of the molecule is Cc1nc(NCCCF)ccc1C#N. The molecule has 0 amide bonds. The van der Waals surface area contributed by atoms with Gasteiger partial charge in [-0.3, -0.25) is 4.39 Å². The van der Waals surface area contributed by atoms with Crippen LogP contribution in [-0.2, 0) is 0 Å². The van der Waals surface area contributed by atoms with Crippen molar-refractivity contribution < 1.29 is 4.39 Å². The summed E-state index contributed by atoms with van der Waals surface area (Å²) < 4.78 is 11.8. The fraction of sp³-hybridized carbons (Fsp3) is 0.400. The summed E-state index contributed by atoms with van der Waals surface area (Å²) in [5, 5.41) is 11.6. The minimum atomic E-state index is -0.331. The molecule has 0 unspecified atom stereocenters. The average molecular weight is 193 g/mol. The number of nitrogens with zero attached hydrogens (tertiary/aromatic N) is 2. The second-order valence-corrected chi connectivity index (χ2v) is 2.91. The van der Waals surface area contributed by atoms with E-state index >= 15 is 0 Å². The molecule has 14 heavy (non-hydrogen) atoms. The highest BCUT2D eigenvalue weighted by molar-refractivity contribution is 5.42. The van der Waals surface area contributed by atoms with Crippen LogP contribution in [-0.4, -0.2) is 18.2 Å². The van der Waals surface area contributed by atoms with E-state index in [9.17, 15) is 4.39 Å². The third kappa shape index (κ3) is 2.70. The molecule has 1 aromatic heterocycles. The summed E-state index contributed by atoms with van der Waals surface area (Å²) in [6.45, 7) is 2.01. The van der Waals surface area contributed by atoms with Crippen LogP contribution in [0.5, 0.6) is 0 Å². The van der Waals surface area contributed by atoms with Crippen LogP contribution < -0.4 is 5.32 Å². The van der Waals surface area contributed by atoms with E-state index in [1.165, 1.54) is 0 Å². The molecule has 1 N–H and O–H groups in total. The molecule has 0 spiro atoms. The van der Waals surface area contributed by atoms with Gasteiger partial charge in [-0.15, -0.1) is 0 Å². The molecule has 1 heterocycles. The Morgan fingerprint density at radius 2 is 2.36 bits per heavy atom. The number of alkyl halides is 1. The van der Waals surface area contributed by atoms with Gasteiger partial charge in [-0.1, -0.05) is 0 Å². The maximum atomic E-state index is 11.8. The van der Waals surface area contributed by atoms with Gasteiger partial charge in [0, 0.05) is 6.54 Å². The zero-order chi connectivity index (χ0) is 10.4. The van der Waals surface area contributed by atoms with E-state index in [1.54, 1.807) is 19.1 Å². The third-order valence-electron chi connectivity index (χ3n) is 1.82. The summed E-state index contributed by atoms with van der Waals surface area (Å²) in [6, 6.07) is 5.47. The fourth-order valence-corrected chi connectivity index (χ4v) is 1.06. The van der Waals surface area contributed by atoms with Crippen molar-refractivity contribution in [1.29, 1.82) is 5.26 Å². The zero-order valence-corrected chi connectivity index (χ0v) is 8.05. The molecule has 0 aromatic carbocycles. The van der Waals surface area contributed by atoms with Crippen LogP contribution in [0.1, 0.15) is 17.7 Å². The summed E-state index contributed by atoms with van der Waals surface area (Å²) in [5.74, 6) is 0.690. The number of nitriles is 1. The Morgan fingerprint density at radius 3 is 2.93 bits per heavy atom. The van der Waals surface area contributed by atoms with Crippen molar-refractivity contribution in [2.75, 3.05) is 18.5 Å². The molecule has 0 aliphatic heterocycles. The van der Waals surface area contributed by atoms with Crippen molar-refractivity contribution >= 4 is 5.82 Å². The number of aromatic nitrogens is 1. The Hall–Kier alpha value is -1.63. The summed E-state index contributed by atoms with van der Waals surface area (Å²) in [5.41, 5.74) is 1.26. The van der Waals surface area contributed by atoms with Crippen molar-refractivity contribution in [2.24, 2.45) is 0 Å². The van der Waals surface area contributed by atoms with Gasteiger partial charge in [-0.2, -0.15) is 5.26 Å². The Kier molecular flexibility index (Phi) is 3.86. The lowest BCUT2D eigenvalue weighted by Gasteiger charge is -2.05. The van der Waals surface area contributed by atoms with E-state index in [0.29, 0.717) is 30.0 Å². The van der Waals surface area contributed by atoms with Gasteiger partial charge in [0.15, 0.2) is 0 Å². The average Bonchev–Trinajstić information content (AvgIpc) is 2.18. The molecule has 0 bridgehead atoms. The largest absolute Gasteiger partial charge is 0.370 e. The number of aryl methyl sites for hydroxylation is 1. The van der Waals surface area contributed by atoms with Crippen molar-refractivity contribution in [3.8, 4) is 6.07 Å². The van der Waals surface area contributed by atoms with Crippen molar-refractivity contribution in [1.82, 2.24) is 4.98 Å². The minimum Gasteiger partial charge on any atom is -0.370 e. The molecule has 0 aliphatic rings. The van der Waals surface area contributed by atoms with Crippen LogP contribution >= 0.6 is 0 Å². The second-order valence-electron chi connectivity index (χ2n) is 2.91. The maximum absolute atomic E-state index is 11.8. The molecule has 3 nitrogen and oxygen atoms in total. The molecule has 1 aromatic rings. The molecule has 0 saturated heterocycles. The summed E-state index contributed by atoms with van der Waals surface area (Å²) in [4.78, 5) is 4.16. The molecule has 74 valence electrons. The first-order chi connectivity index (χ1) is 6.77. The molecule has 0 fully saturated rings. The normalized spacial score (nSPS) is 9.50. The number of nitrogens with one attached hydrogen (secondary N) is 1. The standard InChI is InChI=1S/C10H12FN3/c1-8-9(7-12)3-4-10(14-8)13-6-2-5-11/h3-4H,2,5-6H2,1H3,(H,13,14). The summed E-state index contributed by atoms with van der Waals surface area (Å²) >= 11 is 0. The van der Waals surface area contributed by atoms with Crippen LogP contribution in [0.2, 0.25) is 0 Å². The fourth-order valence-electron chi connectivity index (χ4n) is 1.06. The predicted octanol–water partition coefficient (Wildman–Crippen LogP) is 2.03. The first kappa shape index (κ1) is 10.5. The lowest BCUT2D eigenvalue weighted by Crippen LogP contribution is -2.04. The van der Waals surface area contributed by atoms with Crippen LogP contribution in [0.4, 0.5) is 10.2 Å². The van der Waals surface area contributed by atoms with Crippen LogP contribution in [0.25, 0.3) is 0 Å². The Balaban J connectivity index is 2.63. The number of rotatable bonds is 4. The van der Waals surface area contributed by atoms with Crippen LogP contribution in [0.15, 0.2) is 12.1 Å². The Morgan fingerprint density at radius 1 is 1.57 bits per heavy atom. The quantitative estimate of drug-likeness (QED) is 0.744. The van der Waals surface area contributed by atoms with Gasteiger partial charge in [-0.05, 0) is 25.5 Å². The van der Waals surface area contributed by atoms with E-state index in [-0.39, 0.29) is 6.67 Å². The van der Waals surface area contributed by atoms with Gasteiger partial charge in [0.05, 0.1) is 17.9 Å². The monoisotopic (exact) mass is 193 g/mol.